The lowest BCUT2D eigenvalue weighted by molar-refractivity contribution is -0.165. The molecule has 2 heterocycles. The van der Waals surface area contributed by atoms with E-state index in [2.05, 4.69) is 40.8 Å². The highest BCUT2D eigenvalue weighted by molar-refractivity contribution is 6.74. The first-order valence-electron chi connectivity index (χ1n) is 10.2. The van der Waals surface area contributed by atoms with Gasteiger partial charge in [0.1, 0.15) is 0 Å². The Labute approximate surface area is 155 Å². The lowest BCUT2D eigenvalue weighted by Crippen LogP contribution is -2.68. The molecule has 0 aromatic carbocycles. The second-order valence-corrected chi connectivity index (χ2v) is 14.5. The maximum Gasteiger partial charge on any atom is 0.210 e. The molecular formula is C20H39NO3Si. The number of unbranched alkanes of at least 4 members (excludes halogenated alkanes) is 2. The van der Waals surface area contributed by atoms with Gasteiger partial charge in [-0.25, -0.2) is 0 Å². The number of hydrogen-bond donors (Lipinski definition) is 1. The van der Waals surface area contributed by atoms with E-state index in [9.17, 15) is 9.90 Å². The number of rotatable bonds is 7. The van der Waals surface area contributed by atoms with Crippen LogP contribution in [0.5, 0.6) is 0 Å². The minimum Gasteiger partial charge on any atom is -0.411 e. The molecule has 2 aliphatic rings. The van der Waals surface area contributed by atoms with Crippen molar-refractivity contribution in [1.29, 1.82) is 0 Å². The van der Waals surface area contributed by atoms with Crippen molar-refractivity contribution in [2.45, 2.75) is 121 Å². The van der Waals surface area contributed by atoms with Gasteiger partial charge in [-0.1, -0.05) is 47.0 Å². The Morgan fingerprint density at radius 2 is 2.00 bits per heavy atom. The molecule has 1 amide bonds. The number of carbonyl (C=O) groups excluding carboxylic acids is 1. The smallest absolute Gasteiger partial charge is 0.210 e. The number of nitrogens with zero attached hydrogens (tertiary/aromatic N) is 1. The summed E-state index contributed by atoms with van der Waals surface area (Å²) in [6, 6.07) is -0.0728. The third-order valence-electron chi connectivity index (χ3n) is 7.01. The van der Waals surface area contributed by atoms with Crippen LogP contribution in [0.4, 0.5) is 0 Å². The second kappa shape index (κ2) is 7.69. The van der Waals surface area contributed by atoms with Gasteiger partial charge < -0.3 is 14.4 Å². The number of aliphatic hydroxyl groups is 1. The summed E-state index contributed by atoms with van der Waals surface area (Å²) < 4.78 is 6.66. The van der Waals surface area contributed by atoms with Gasteiger partial charge in [0.05, 0.1) is 18.2 Å². The van der Waals surface area contributed by atoms with E-state index in [-0.39, 0.29) is 22.7 Å². The molecule has 2 fully saturated rings. The van der Waals surface area contributed by atoms with Crippen molar-refractivity contribution in [2.24, 2.45) is 0 Å². The van der Waals surface area contributed by atoms with Crippen molar-refractivity contribution in [3.05, 3.63) is 0 Å². The van der Waals surface area contributed by atoms with Gasteiger partial charge in [-0.3, -0.25) is 4.79 Å². The molecule has 2 rings (SSSR count). The molecule has 0 spiro atoms. The van der Waals surface area contributed by atoms with Gasteiger partial charge in [-0.05, 0) is 50.2 Å². The lowest BCUT2D eigenvalue weighted by atomic mass is 9.70. The quantitative estimate of drug-likeness (QED) is 0.409. The van der Waals surface area contributed by atoms with Crippen molar-refractivity contribution in [3.8, 4) is 0 Å². The van der Waals surface area contributed by atoms with Crippen LogP contribution in [0.1, 0.15) is 79.1 Å². The number of fused-ring (bicyclic) bond motifs is 2. The van der Waals surface area contributed by atoms with Gasteiger partial charge >= 0.3 is 0 Å². The van der Waals surface area contributed by atoms with Crippen LogP contribution in [-0.4, -0.2) is 48.5 Å². The first-order chi connectivity index (χ1) is 11.6. The van der Waals surface area contributed by atoms with Crippen LogP contribution in [0.15, 0.2) is 0 Å². The van der Waals surface area contributed by atoms with Crippen molar-refractivity contribution in [3.63, 3.8) is 0 Å². The molecule has 1 N–H and O–H groups in total. The Kier molecular flexibility index (Phi) is 6.43. The molecule has 146 valence electrons. The maximum absolute atomic E-state index is 11.9. The summed E-state index contributed by atoms with van der Waals surface area (Å²) in [5.41, 5.74) is -0.105. The van der Waals surface area contributed by atoms with Crippen molar-refractivity contribution < 1.29 is 14.3 Å². The summed E-state index contributed by atoms with van der Waals surface area (Å²) in [6.45, 7) is 13.4. The average molecular weight is 370 g/mol. The minimum atomic E-state index is -1.95. The molecule has 2 aliphatic heterocycles. The van der Waals surface area contributed by atoms with Gasteiger partial charge in [0, 0.05) is 5.54 Å². The normalized spacial score (nSPS) is 33.4. The van der Waals surface area contributed by atoms with Crippen LogP contribution in [-0.2, 0) is 9.22 Å². The average Bonchev–Trinajstić information content (AvgIpc) is 2.51. The Balaban J connectivity index is 2.25. The van der Waals surface area contributed by atoms with E-state index in [0.29, 0.717) is 0 Å². The molecule has 0 saturated carbocycles. The SMILES string of the molecule is CCCCC[C@@]12CCC[C@@H]([C@H](O)[C@H](O[Si](C)(C)C(C)(C)C)C1)N2C=O. The standard InChI is InChI=1S/C20H39NO3Si/c1-7-8-9-12-20-13-10-11-16(21(20)15-22)18(23)17(14-20)24-25(5,6)19(2,3)4/h15-18,23H,7-14H2,1-6H3/t16-,17+,18-,20+/m0/s1. The molecule has 25 heavy (non-hydrogen) atoms. The summed E-state index contributed by atoms with van der Waals surface area (Å²) in [6.07, 6.45) is 8.73. The zero-order valence-corrected chi connectivity index (χ0v) is 18.2. The molecule has 0 aromatic rings. The summed E-state index contributed by atoms with van der Waals surface area (Å²) in [4.78, 5) is 13.9. The van der Waals surface area contributed by atoms with Gasteiger partial charge in [-0.15, -0.1) is 0 Å². The van der Waals surface area contributed by atoms with Crippen molar-refractivity contribution in [1.82, 2.24) is 4.90 Å². The number of carbonyl (C=O) groups is 1. The number of hydrogen-bond acceptors (Lipinski definition) is 3. The molecular weight excluding hydrogens is 330 g/mol. The molecule has 0 aromatic heterocycles. The van der Waals surface area contributed by atoms with Gasteiger partial charge in [0.2, 0.25) is 6.41 Å². The third kappa shape index (κ3) is 4.14. The molecule has 2 bridgehead atoms. The highest BCUT2D eigenvalue weighted by Gasteiger charge is 2.54. The predicted octanol–water partition coefficient (Wildman–Crippen LogP) is 4.47. The zero-order valence-electron chi connectivity index (χ0n) is 17.2. The monoisotopic (exact) mass is 369 g/mol. The second-order valence-electron chi connectivity index (χ2n) is 9.77. The van der Waals surface area contributed by atoms with Crippen LogP contribution >= 0.6 is 0 Å². The first-order valence-corrected chi connectivity index (χ1v) is 13.1. The summed E-state index contributed by atoms with van der Waals surface area (Å²) in [5.74, 6) is 0. The maximum atomic E-state index is 11.9. The third-order valence-corrected chi connectivity index (χ3v) is 11.5. The van der Waals surface area contributed by atoms with E-state index in [0.717, 1.165) is 44.9 Å². The Bertz CT molecular complexity index is 462. The summed E-state index contributed by atoms with van der Waals surface area (Å²) in [5, 5.41) is 11.1. The van der Waals surface area contributed by atoms with Crippen molar-refractivity contribution >= 4 is 14.7 Å². The highest BCUT2D eigenvalue weighted by atomic mass is 28.4. The van der Waals surface area contributed by atoms with Gasteiger partial charge in [-0.2, -0.15) is 0 Å². The number of aliphatic hydroxyl groups excluding tert-OH is 1. The van der Waals surface area contributed by atoms with Crippen molar-refractivity contribution in [2.75, 3.05) is 0 Å². The van der Waals surface area contributed by atoms with Gasteiger partial charge in [0.15, 0.2) is 8.32 Å². The lowest BCUT2D eigenvalue weighted by Gasteiger charge is -2.58. The minimum absolute atomic E-state index is 0.0728. The molecule has 2 saturated heterocycles. The topological polar surface area (TPSA) is 49.8 Å². The van der Waals surface area contributed by atoms with E-state index in [4.69, 9.17) is 4.43 Å². The fourth-order valence-corrected chi connectivity index (χ4v) is 5.80. The Morgan fingerprint density at radius 1 is 1.32 bits per heavy atom. The van der Waals surface area contributed by atoms with E-state index in [1.165, 1.54) is 12.8 Å². The number of amides is 1. The first kappa shape index (κ1) is 20.9. The van der Waals surface area contributed by atoms with E-state index >= 15 is 0 Å². The Hall–Kier alpha value is -0.393. The van der Waals surface area contributed by atoms with E-state index in [1.807, 2.05) is 4.90 Å². The molecule has 5 heteroatoms. The highest BCUT2D eigenvalue weighted by Crippen LogP contribution is 2.47. The van der Waals surface area contributed by atoms with Crippen LogP contribution in [0, 0.1) is 0 Å². The fourth-order valence-electron chi connectivity index (χ4n) is 4.46. The molecule has 4 atom stereocenters. The molecule has 0 radical (unpaired) electrons. The van der Waals surface area contributed by atoms with E-state index in [1.54, 1.807) is 0 Å². The molecule has 4 nitrogen and oxygen atoms in total. The van der Waals surface area contributed by atoms with Crippen LogP contribution in [0.25, 0.3) is 0 Å². The van der Waals surface area contributed by atoms with E-state index < -0.39 is 14.4 Å². The van der Waals surface area contributed by atoms with Crippen LogP contribution in [0.2, 0.25) is 18.1 Å². The van der Waals surface area contributed by atoms with Crippen LogP contribution < -0.4 is 0 Å². The largest absolute Gasteiger partial charge is 0.411 e. The summed E-state index contributed by atoms with van der Waals surface area (Å²) >= 11 is 0. The summed E-state index contributed by atoms with van der Waals surface area (Å²) in [7, 11) is -1.95. The number of piperidine rings is 2. The van der Waals surface area contributed by atoms with Crippen LogP contribution in [0.3, 0.4) is 0 Å². The fraction of sp³-hybridized carbons (Fsp3) is 0.950. The predicted molar refractivity (Wildman–Crippen MR) is 105 cm³/mol. The van der Waals surface area contributed by atoms with Gasteiger partial charge in [0.25, 0.3) is 0 Å². The molecule has 0 unspecified atom stereocenters. The Morgan fingerprint density at radius 3 is 2.56 bits per heavy atom. The zero-order chi connectivity index (χ0) is 18.9. The molecule has 0 aliphatic carbocycles.